The van der Waals surface area contributed by atoms with Gasteiger partial charge >= 0.3 is 12.1 Å². The van der Waals surface area contributed by atoms with E-state index in [0.717, 1.165) is 5.56 Å². The lowest BCUT2D eigenvalue weighted by molar-refractivity contribution is -0.142. The second-order valence-electron chi connectivity index (χ2n) is 14.1. The first-order valence-corrected chi connectivity index (χ1v) is 15.0. The molecule has 1 aromatic carbocycles. The number of ether oxygens (including phenoxy) is 2. The fourth-order valence-electron chi connectivity index (χ4n) is 4.99. The Morgan fingerprint density at radius 3 is 1.88 bits per heavy atom. The van der Waals surface area contributed by atoms with E-state index in [1.165, 1.54) is 4.90 Å². The van der Waals surface area contributed by atoms with Gasteiger partial charge in [-0.3, -0.25) is 14.5 Å². The topological polar surface area (TPSA) is 105 Å². The number of amides is 3. The van der Waals surface area contributed by atoms with Gasteiger partial charge in [-0.15, -0.1) is 0 Å². The van der Waals surface area contributed by atoms with Crippen LogP contribution in [0.1, 0.15) is 88.6 Å². The highest BCUT2D eigenvalue weighted by Gasteiger charge is 2.45. The molecule has 0 unspecified atom stereocenters. The number of carbonyl (C=O) groups is 4. The maximum Gasteiger partial charge on any atom is 0.410 e. The van der Waals surface area contributed by atoms with Crippen LogP contribution in [0, 0.1) is 11.3 Å². The highest BCUT2D eigenvalue weighted by atomic mass is 16.6. The van der Waals surface area contributed by atoms with Crippen LogP contribution in [0.15, 0.2) is 42.0 Å². The summed E-state index contributed by atoms with van der Waals surface area (Å²) in [6.45, 7) is 22.3. The van der Waals surface area contributed by atoms with Gasteiger partial charge in [0.15, 0.2) is 0 Å². The number of nitrogens with zero attached hydrogens (tertiary/aromatic N) is 2. The maximum absolute atomic E-state index is 14.3. The van der Waals surface area contributed by atoms with Gasteiger partial charge in [0.05, 0.1) is 12.6 Å². The summed E-state index contributed by atoms with van der Waals surface area (Å²) in [5.74, 6) is -1.27. The zero-order valence-corrected chi connectivity index (χ0v) is 28.8. The average Bonchev–Trinajstić information content (AvgIpc) is 2.88. The molecule has 0 radical (unpaired) electrons. The Kier molecular flexibility index (Phi) is 13.0. The molecule has 9 nitrogen and oxygen atoms in total. The first-order chi connectivity index (χ1) is 19.6. The van der Waals surface area contributed by atoms with Crippen molar-refractivity contribution < 1.29 is 28.7 Å². The fraction of sp³-hybridized carbons (Fsp3) is 0.647. The van der Waals surface area contributed by atoms with E-state index in [-0.39, 0.29) is 18.4 Å². The predicted molar refractivity (Wildman–Crippen MR) is 170 cm³/mol. The molecule has 0 aliphatic carbocycles. The normalized spacial score (nSPS) is 14.8. The van der Waals surface area contributed by atoms with Crippen molar-refractivity contribution in [3.05, 3.63) is 47.5 Å². The number of benzene rings is 1. The molecule has 0 heterocycles. The Hall–Kier alpha value is -3.36. The van der Waals surface area contributed by atoms with Crippen LogP contribution in [0.25, 0.3) is 0 Å². The molecular formula is C34H55N3O6. The van der Waals surface area contributed by atoms with Crippen LogP contribution in [0.5, 0.6) is 0 Å². The second-order valence-corrected chi connectivity index (χ2v) is 14.1. The number of hydrogen-bond acceptors (Lipinski definition) is 6. The van der Waals surface area contributed by atoms with E-state index >= 15 is 0 Å². The molecule has 3 amide bonds. The number of nitrogens with one attached hydrogen (secondary N) is 1. The average molecular weight is 602 g/mol. The molecule has 0 spiro atoms. The van der Waals surface area contributed by atoms with Gasteiger partial charge in [-0.1, -0.05) is 84.9 Å². The Morgan fingerprint density at radius 1 is 0.907 bits per heavy atom. The van der Waals surface area contributed by atoms with Crippen molar-refractivity contribution in [1.29, 1.82) is 0 Å². The summed E-state index contributed by atoms with van der Waals surface area (Å²) in [5, 5.41) is 3.01. The summed E-state index contributed by atoms with van der Waals surface area (Å²) < 4.78 is 10.8. The molecule has 0 aliphatic rings. The molecule has 43 heavy (non-hydrogen) atoms. The lowest BCUT2D eigenvalue weighted by Gasteiger charge is -2.42. The largest absolute Gasteiger partial charge is 0.463 e. The number of rotatable bonds is 11. The molecule has 242 valence electrons. The molecule has 1 rings (SSSR count). The van der Waals surface area contributed by atoms with Crippen molar-refractivity contribution in [3.63, 3.8) is 0 Å². The summed E-state index contributed by atoms with van der Waals surface area (Å²) in [6.07, 6.45) is 1.09. The third kappa shape index (κ3) is 10.4. The van der Waals surface area contributed by atoms with Crippen molar-refractivity contribution in [2.75, 3.05) is 20.7 Å². The van der Waals surface area contributed by atoms with E-state index < -0.39 is 52.5 Å². The van der Waals surface area contributed by atoms with E-state index in [2.05, 4.69) is 5.32 Å². The Morgan fingerprint density at radius 2 is 1.44 bits per heavy atom. The van der Waals surface area contributed by atoms with Gasteiger partial charge in [-0.05, 0) is 51.5 Å². The summed E-state index contributed by atoms with van der Waals surface area (Å²) >= 11 is 0. The number of esters is 1. The first kappa shape index (κ1) is 37.7. The van der Waals surface area contributed by atoms with Crippen LogP contribution in [0.4, 0.5) is 4.79 Å². The summed E-state index contributed by atoms with van der Waals surface area (Å²) in [5.41, 5.74) is -1.06. The van der Waals surface area contributed by atoms with E-state index in [4.69, 9.17) is 9.47 Å². The minimum atomic E-state index is -1.01. The molecule has 1 N–H and O–H groups in total. The second kappa shape index (κ2) is 14.9. The summed E-state index contributed by atoms with van der Waals surface area (Å²) in [4.78, 5) is 56.9. The van der Waals surface area contributed by atoms with Gasteiger partial charge in [-0.25, -0.2) is 9.59 Å². The minimum Gasteiger partial charge on any atom is -0.463 e. The van der Waals surface area contributed by atoms with E-state index in [0.29, 0.717) is 5.57 Å². The van der Waals surface area contributed by atoms with Crippen molar-refractivity contribution in [1.82, 2.24) is 15.1 Å². The maximum atomic E-state index is 14.3. The van der Waals surface area contributed by atoms with Gasteiger partial charge in [0.2, 0.25) is 11.8 Å². The molecule has 0 saturated heterocycles. The molecule has 9 heteroatoms. The van der Waals surface area contributed by atoms with E-state index in [9.17, 15) is 19.2 Å². The van der Waals surface area contributed by atoms with Crippen molar-refractivity contribution >= 4 is 23.9 Å². The van der Waals surface area contributed by atoms with Crippen LogP contribution < -0.4 is 5.32 Å². The highest BCUT2D eigenvalue weighted by molar-refractivity contribution is 5.93. The molecule has 0 aromatic heterocycles. The zero-order valence-electron chi connectivity index (χ0n) is 28.8. The fourth-order valence-corrected chi connectivity index (χ4v) is 4.99. The molecule has 0 saturated carbocycles. The SMILES string of the molecule is CCOC(=O)/C(C)=C/[C@H](C(C)C)N(C)C(=O)[C@@H](NC(=O)[C@H](N(C)C(=O)OC(C)(C)C)C(C)(C)c1ccccc1)C(C)(C)C. The lowest BCUT2D eigenvalue weighted by atomic mass is 9.76. The third-order valence-electron chi connectivity index (χ3n) is 7.41. The molecular weight excluding hydrogens is 546 g/mol. The van der Waals surface area contributed by atoms with Gasteiger partial charge in [0, 0.05) is 25.1 Å². The molecule has 3 atom stereocenters. The highest BCUT2D eigenvalue weighted by Crippen LogP contribution is 2.32. The van der Waals surface area contributed by atoms with Crippen LogP contribution >= 0.6 is 0 Å². The van der Waals surface area contributed by atoms with Crippen LogP contribution in [-0.2, 0) is 29.3 Å². The van der Waals surface area contributed by atoms with Crippen molar-refractivity contribution in [2.45, 2.75) is 112 Å². The van der Waals surface area contributed by atoms with Crippen molar-refractivity contribution in [3.8, 4) is 0 Å². The zero-order chi connectivity index (χ0) is 33.5. The third-order valence-corrected chi connectivity index (χ3v) is 7.41. The van der Waals surface area contributed by atoms with E-state index in [1.807, 2.05) is 78.8 Å². The van der Waals surface area contributed by atoms with Crippen LogP contribution in [0.2, 0.25) is 0 Å². The molecule has 1 aromatic rings. The summed E-state index contributed by atoms with van der Waals surface area (Å²) in [7, 11) is 3.21. The predicted octanol–water partition coefficient (Wildman–Crippen LogP) is 5.72. The number of likely N-dealkylation sites (N-methyl/N-ethyl adjacent to an activating group) is 2. The standard InChI is InChI=1S/C34H55N3O6/c1-15-42-30(40)23(4)21-25(22(2)3)36(13)29(39)26(32(5,6)7)35-28(38)27(37(14)31(41)43-33(8,9)10)34(11,12)24-19-17-16-18-20-24/h16-22,25-27H,15H2,1-14H3,(H,35,38)/b23-21+/t25-,26-,27+/m1/s1. The molecule has 0 fully saturated rings. The van der Waals surface area contributed by atoms with E-state index in [1.54, 1.807) is 59.7 Å². The minimum absolute atomic E-state index is 0.0299. The monoisotopic (exact) mass is 601 g/mol. The van der Waals surface area contributed by atoms with Crippen LogP contribution in [0.3, 0.4) is 0 Å². The number of carbonyl (C=O) groups excluding carboxylic acids is 4. The number of hydrogen-bond donors (Lipinski definition) is 1. The van der Waals surface area contributed by atoms with Crippen molar-refractivity contribution in [2.24, 2.45) is 11.3 Å². The Bertz CT molecular complexity index is 1140. The lowest BCUT2D eigenvalue weighted by Crippen LogP contribution is -2.63. The van der Waals surface area contributed by atoms with Gasteiger partial charge in [-0.2, -0.15) is 0 Å². The molecule has 0 bridgehead atoms. The smallest absolute Gasteiger partial charge is 0.410 e. The quantitative estimate of drug-likeness (QED) is 0.257. The van der Waals surface area contributed by atoms with Crippen LogP contribution in [-0.4, -0.2) is 78.1 Å². The Balaban J connectivity index is 3.58. The Labute approximate surface area is 259 Å². The van der Waals surface area contributed by atoms with Gasteiger partial charge in [0.1, 0.15) is 17.7 Å². The molecule has 0 aliphatic heterocycles. The summed E-state index contributed by atoms with van der Waals surface area (Å²) in [6, 6.07) is 7.09. The first-order valence-electron chi connectivity index (χ1n) is 15.0. The van der Waals surface area contributed by atoms with Gasteiger partial charge < -0.3 is 19.7 Å². The van der Waals surface area contributed by atoms with Gasteiger partial charge in [0.25, 0.3) is 0 Å².